The average Bonchev–Trinajstić information content (AvgIpc) is 3.12. The highest BCUT2D eigenvalue weighted by Gasteiger charge is 2.30. The fourth-order valence-electron chi connectivity index (χ4n) is 2.80. The van der Waals surface area contributed by atoms with Crippen LogP contribution in [0.2, 0.25) is 0 Å². The molecule has 25 heavy (non-hydrogen) atoms. The fraction of sp³-hybridized carbons (Fsp3) is 0.500. The second-order valence-electron chi connectivity index (χ2n) is 6.42. The number of carbonyl (C=O) groups is 1. The van der Waals surface area contributed by atoms with Gasteiger partial charge in [-0.3, -0.25) is 4.79 Å². The van der Waals surface area contributed by atoms with Crippen molar-refractivity contribution in [2.45, 2.75) is 44.9 Å². The van der Waals surface area contributed by atoms with Crippen LogP contribution in [0, 0.1) is 0 Å². The van der Waals surface area contributed by atoms with Crippen molar-refractivity contribution in [3.05, 3.63) is 46.5 Å². The highest BCUT2D eigenvalue weighted by Crippen LogP contribution is 2.21. The SMILES string of the molecule is CC(C)c1nnsc1C(=O)N[C@@H]1COCC[C@@H]1OCc1ccccc1. The van der Waals surface area contributed by atoms with Crippen LogP contribution in [0.5, 0.6) is 0 Å². The van der Waals surface area contributed by atoms with Crippen LogP contribution in [-0.2, 0) is 16.1 Å². The molecule has 0 saturated carbocycles. The second kappa shape index (κ2) is 8.51. The van der Waals surface area contributed by atoms with Gasteiger partial charge in [0.05, 0.1) is 31.1 Å². The standard InChI is InChI=1S/C18H23N3O3S/c1-12(2)16-17(25-21-20-16)18(22)19-14-11-23-9-8-15(14)24-10-13-6-4-3-5-7-13/h3-7,12,14-15H,8-11H2,1-2H3,(H,19,22)/t14-,15+/m1/s1. The number of aromatic nitrogens is 2. The van der Waals surface area contributed by atoms with E-state index >= 15 is 0 Å². The molecule has 1 amide bonds. The van der Waals surface area contributed by atoms with E-state index < -0.39 is 0 Å². The molecule has 7 heteroatoms. The smallest absolute Gasteiger partial charge is 0.265 e. The molecule has 3 rings (SSSR count). The molecule has 1 fully saturated rings. The van der Waals surface area contributed by atoms with Gasteiger partial charge in [0.15, 0.2) is 0 Å². The Morgan fingerprint density at radius 2 is 2.20 bits per heavy atom. The minimum atomic E-state index is -0.174. The fourth-order valence-corrected chi connectivity index (χ4v) is 3.52. The molecule has 134 valence electrons. The normalized spacial score (nSPS) is 20.6. The molecule has 6 nitrogen and oxygen atoms in total. The number of carbonyl (C=O) groups excluding carboxylic acids is 1. The lowest BCUT2D eigenvalue weighted by Gasteiger charge is -2.32. The van der Waals surface area contributed by atoms with Crippen LogP contribution >= 0.6 is 11.5 Å². The largest absolute Gasteiger partial charge is 0.379 e. The molecule has 0 aliphatic carbocycles. The molecule has 2 atom stereocenters. The van der Waals surface area contributed by atoms with E-state index in [1.165, 1.54) is 0 Å². The zero-order chi connectivity index (χ0) is 17.6. The van der Waals surface area contributed by atoms with Crippen molar-refractivity contribution in [3.8, 4) is 0 Å². The summed E-state index contributed by atoms with van der Waals surface area (Å²) in [5.74, 6) is 0.00902. The van der Waals surface area contributed by atoms with Gasteiger partial charge in [-0.05, 0) is 29.4 Å². The Hall–Kier alpha value is -1.83. The van der Waals surface area contributed by atoms with Crippen molar-refractivity contribution in [2.75, 3.05) is 13.2 Å². The van der Waals surface area contributed by atoms with Crippen molar-refractivity contribution in [1.82, 2.24) is 14.9 Å². The predicted molar refractivity (Wildman–Crippen MR) is 95.7 cm³/mol. The van der Waals surface area contributed by atoms with Crippen molar-refractivity contribution >= 4 is 17.4 Å². The Morgan fingerprint density at radius 1 is 1.40 bits per heavy atom. The van der Waals surface area contributed by atoms with Gasteiger partial charge in [-0.1, -0.05) is 48.7 Å². The van der Waals surface area contributed by atoms with Crippen LogP contribution in [-0.4, -0.2) is 40.9 Å². The molecule has 2 aromatic rings. The molecule has 1 aromatic heterocycles. The van der Waals surface area contributed by atoms with E-state index in [0.717, 1.165) is 29.2 Å². The molecule has 0 bridgehead atoms. The number of hydrogen-bond acceptors (Lipinski definition) is 6. The molecule has 1 saturated heterocycles. The van der Waals surface area contributed by atoms with Crippen LogP contribution in [0.25, 0.3) is 0 Å². The van der Waals surface area contributed by atoms with E-state index in [9.17, 15) is 4.79 Å². The van der Waals surface area contributed by atoms with E-state index in [0.29, 0.717) is 24.7 Å². The molecule has 2 heterocycles. The molecule has 1 aliphatic heterocycles. The topological polar surface area (TPSA) is 73.3 Å². The molecule has 1 aliphatic rings. The van der Waals surface area contributed by atoms with Crippen molar-refractivity contribution in [2.24, 2.45) is 0 Å². The maximum absolute atomic E-state index is 12.6. The number of nitrogens with one attached hydrogen (secondary N) is 1. The first-order valence-electron chi connectivity index (χ1n) is 8.51. The van der Waals surface area contributed by atoms with Gasteiger partial charge in [0.25, 0.3) is 5.91 Å². The summed E-state index contributed by atoms with van der Waals surface area (Å²) >= 11 is 1.13. The highest BCUT2D eigenvalue weighted by molar-refractivity contribution is 7.08. The van der Waals surface area contributed by atoms with Gasteiger partial charge in [0.1, 0.15) is 4.88 Å². The van der Waals surface area contributed by atoms with E-state index in [-0.39, 0.29) is 24.0 Å². The third kappa shape index (κ3) is 4.62. The monoisotopic (exact) mass is 361 g/mol. The number of ether oxygens (including phenoxy) is 2. The van der Waals surface area contributed by atoms with Gasteiger partial charge in [0.2, 0.25) is 0 Å². The predicted octanol–water partition coefficient (Wildman–Crippen LogP) is 2.77. The Morgan fingerprint density at radius 3 is 2.96 bits per heavy atom. The molecular weight excluding hydrogens is 338 g/mol. The first-order chi connectivity index (χ1) is 12.1. The molecule has 1 N–H and O–H groups in total. The summed E-state index contributed by atoms with van der Waals surface area (Å²) in [4.78, 5) is 13.2. The number of rotatable bonds is 6. The summed E-state index contributed by atoms with van der Waals surface area (Å²) in [7, 11) is 0. The lowest BCUT2D eigenvalue weighted by Crippen LogP contribution is -2.50. The van der Waals surface area contributed by atoms with Crippen LogP contribution in [0.15, 0.2) is 30.3 Å². The summed E-state index contributed by atoms with van der Waals surface area (Å²) in [5.41, 5.74) is 1.86. The van der Waals surface area contributed by atoms with E-state index in [2.05, 4.69) is 14.9 Å². The van der Waals surface area contributed by atoms with Gasteiger partial charge in [-0.15, -0.1) is 5.10 Å². The van der Waals surface area contributed by atoms with E-state index in [4.69, 9.17) is 9.47 Å². The Bertz CT molecular complexity index is 690. The summed E-state index contributed by atoms with van der Waals surface area (Å²) in [6, 6.07) is 9.86. The number of nitrogens with zero attached hydrogens (tertiary/aromatic N) is 2. The van der Waals surface area contributed by atoms with Crippen LogP contribution in [0.1, 0.15) is 47.1 Å². The van der Waals surface area contributed by atoms with Gasteiger partial charge < -0.3 is 14.8 Å². The van der Waals surface area contributed by atoms with Gasteiger partial charge in [-0.2, -0.15) is 0 Å². The maximum Gasteiger partial charge on any atom is 0.265 e. The van der Waals surface area contributed by atoms with E-state index in [1.54, 1.807) is 0 Å². The zero-order valence-electron chi connectivity index (χ0n) is 14.5. The molecule has 0 unspecified atom stereocenters. The lowest BCUT2D eigenvalue weighted by molar-refractivity contribution is -0.0605. The highest BCUT2D eigenvalue weighted by atomic mass is 32.1. The van der Waals surface area contributed by atoms with Crippen LogP contribution in [0.3, 0.4) is 0 Å². The number of benzene rings is 1. The first-order valence-corrected chi connectivity index (χ1v) is 9.29. The Labute approximate surface area is 151 Å². The van der Waals surface area contributed by atoms with Gasteiger partial charge in [0, 0.05) is 6.61 Å². The first kappa shape index (κ1) is 18.0. The number of amides is 1. The molecule has 1 aromatic carbocycles. The summed E-state index contributed by atoms with van der Waals surface area (Å²) in [6.07, 6.45) is 0.691. The third-order valence-corrected chi connectivity index (χ3v) is 4.92. The molecule has 0 spiro atoms. The quantitative estimate of drug-likeness (QED) is 0.856. The molecular formula is C18H23N3O3S. The summed E-state index contributed by atoms with van der Waals surface area (Å²) in [6.45, 7) is 5.63. The van der Waals surface area contributed by atoms with Crippen molar-refractivity contribution in [3.63, 3.8) is 0 Å². The summed E-state index contributed by atoms with van der Waals surface area (Å²) < 4.78 is 15.5. The third-order valence-electron chi connectivity index (χ3n) is 4.18. The van der Waals surface area contributed by atoms with Crippen LogP contribution < -0.4 is 5.32 Å². The number of hydrogen-bond donors (Lipinski definition) is 1. The van der Waals surface area contributed by atoms with Crippen molar-refractivity contribution < 1.29 is 14.3 Å². The lowest BCUT2D eigenvalue weighted by atomic mass is 10.1. The van der Waals surface area contributed by atoms with Gasteiger partial charge in [-0.25, -0.2) is 0 Å². The van der Waals surface area contributed by atoms with Gasteiger partial charge >= 0.3 is 0 Å². The Kier molecular flexibility index (Phi) is 6.12. The zero-order valence-corrected chi connectivity index (χ0v) is 15.3. The minimum absolute atomic E-state index is 0.0683. The molecule has 0 radical (unpaired) electrons. The minimum Gasteiger partial charge on any atom is -0.379 e. The van der Waals surface area contributed by atoms with Crippen LogP contribution in [0.4, 0.5) is 0 Å². The summed E-state index contributed by atoms with van der Waals surface area (Å²) in [5, 5.41) is 7.11. The Balaban J connectivity index is 1.62. The van der Waals surface area contributed by atoms with Crippen molar-refractivity contribution in [1.29, 1.82) is 0 Å². The maximum atomic E-state index is 12.6. The second-order valence-corrected chi connectivity index (χ2v) is 7.17. The van der Waals surface area contributed by atoms with E-state index in [1.807, 2.05) is 44.2 Å². The average molecular weight is 361 g/mol.